The number of amides is 1. The van der Waals surface area contributed by atoms with Crippen LogP contribution in [0.4, 0.5) is 0 Å². The summed E-state index contributed by atoms with van der Waals surface area (Å²) in [6.45, 7) is 4.59. The zero-order valence-electron chi connectivity index (χ0n) is 21.0. The molecule has 2 aromatic carbocycles. The summed E-state index contributed by atoms with van der Waals surface area (Å²) in [5, 5.41) is 6.46. The van der Waals surface area contributed by atoms with Gasteiger partial charge in [0.05, 0.1) is 22.8 Å². The van der Waals surface area contributed by atoms with E-state index < -0.39 is 5.54 Å². The smallest absolute Gasteiger partial charge is 0.269 e. The number of fused-ring (bicyclic) bond motifs is 2. The van der Waals surface area contributed by atoms with E-state index in [9.17, 15) is 9.59 Å². The fraction of sp³-hybridized carbons (Fsp3) is 0.464. The van der Waals surface area contributed by atoms with Gasteiger partial charge in [0, 0.05) is 20.1 Å². The number of carbonyl (C=O) groups is 1. The fourth-order valence-corrected chi connectivity index (χ4v) is 5.45. The quantitative estimate of drug-likeness (QED) is 0.527. The van der Waals surface area contributed by atoms with Crippen molar-refractivity contribution in [1.82, 2.24) is 20.2 Å². The van der Waals surface area contributed by atoms with E-state index in [-0.39, 0.29) is 16.9 Å². The molecule has 0 saturated heterocycles. The summed E-state index contributed by atoms with van der Waals surface area (Å²) < 4.78 is 13.2. The first-order valence-electron chi connectivity index (χ1n) is 12.7. The van der Waals surface area contributed by atoms with Crippen molar-refractivity contribution in [3.63, 3.8) is 0 Å². The summed E-state index contributed by atoms with van der Waals surface area (Å²) in [6.07, 6.45) is 5.54. The third-order valence-electron chi connectivity index (χ3n) is 7.90. The number of ether oxygens (including phenoxy) is 2. The van der Waals surface area contributed by atoms with Gasteiger partial charge in [0.15, 0.2) is 11.5 Å². The number of rotatable bonds is 7. The van der Waals surface area contributed by atoms with Gasteiger partial charge < -0.3 is 19.4 Å². The highest BCUT2D eigenvalue weighted by Gasteiger charge is 2.44. The molecular formula is C28H34N4O4. The van der Waals surface area contributed by atoms with Gasteiger partial charge in [0.1, 0.15) is 13.2 Å². The normalized spacial score (nSPS) is 23.4. The second kappa shape index (κ2) is 9.93. The van der Waals surface area contributed by atoms with E-state index in [1.807, 2.05) is 47.0 Å². The van der Waals surface area contributed by atoms with Gasteiger partial charge in [-0.3, -0.25) is 14.9 Å². The van der Waals surface area contributed by atoms with Crippen molar-refractivity contribution in [1.29, 1.82) is 0 Å². The lowest BCUT2D eigenvalue weighted by Crippen LogP contribution is -2.58. The lowest BCUT2D eigenvalue weighted by Gasteiger charge is -2.44. The monoisotopic (exact) mass is 490 g/mol. The van der Waals surface area contributed by atoms with E-state index >= 15 is 0 Å². The molecule has 1 aromatic heterocycles. The molecule has 2 heterocycles. The number of hydrogen-bond donors (Lipinski definition) is 2. The van der Waals surface area contributed by atoms with Gasteiger partial charge in [-0.05, 0) is 67.3 Å². The summed E-state index contributed by atoms with van der Waals surface area (Å²) in [5.74, 6) is 1.55. The maximum atomic E-state index is 13.1. The Hall–Kier alpha value is -3.39. The first kappa shape index (κ1) is 24.3. The first-order valence-corrected chi connectivity index (χ1v) is 12.7. The minimum atomic E-state index is -0.623. The summed E-state index contributed by atoms with van der Waals surface area (Å²) in [7, 11) is 1.70. The van der Waals surface area contributed by atoms with E-state index in [4.69, 9.17) is 9.47 Å². The van der Waals surface area contributed by atoms with E-state index in [0.717, 1.165) is 60.2 Å². The van der Waals surface area contributed by atoms with Crippen molar-refractivity contribution >= 4 is 16.9 Å². The van der Waals surface area contributed by atoms with Crippen molar-refractivity contribution < 1.29 is 14.3 Å². The topological polar surface area (TPSA) is 94.5 Å². The Bertz CT molecular complexity index is 1310. The van der Waals surface area contributed by atoms with Crippen molar-refractivity contribution in [2.24, 2.45) is 5.41 Å². The van der Waals surface area contributed by atoms with Crippen LogP contribution < -0.4 is 25.7 Å². The molecule has 1 saturated carbocycles. The van der Waals surface area contributed by atoms with Crippen LogP contribution in [0.1, 0.15) is 44.6 Å². The summed E-state index contributed by atoms with van der Waals surface area (Å²) in [5.41, 5.74) is 2.09. The molecular weight excluding hydrogens is 456 g/mol. The maximum Gasteiger partial charge on any atom is 0.269 e. The van der Waals surface area contributed by atoms with Crippen LogP contribution in [0.15, 0.2) is 53.5 Å². The Morgan fingerprint density at radius 3 is 2.58 bits per heavy atom. The highest BCUT2D eigenvalue weighted by Crippen LogP contribution is 2.44. The third-order valence-corrected chi connectivity index (χ3v) is 7.90. The number of hydrogen-bond acceptors (Lipinski definition) is 6. The zero-order valence-corrected chi connectivity index (χ0v) is 21.0. The standard InChI is InChI=1S/C28H34N4O4/c1-27(13-14-32-22-6-4-3-5-21(22)30-19-25(32)33)9-11-28(12-10-27,26(34)29-2)31-18-20-7-8-23-24(17-20)36-16-15-35-23/h3-8,17,19,31H,9-16,18H2,1-2H3,(H,29,34). The number of para-hydroxylation sites is 2. The summed E-state index contributed by atoms with van der Waals surface area (Å²) in [6, 6.07) is 13.7. The number of carbonyl (C=O) groups excluding carboxylic acids is 1. The van der Waals surface area contributed by atoms with Crippen LogP contribution in [-0.4, -0.2) is 41.3 Å². The Morgan fingerprint density at radius 1 is 1.06 bits per heavy atom. The summed E-state index contributed by atoms with van der Waals surface area (Å²) >= 11 is 0. The zero-order chi connectivity index (χ0) is 25.2. The first-order chi connectivity index (χ1) is 17.4. The molecule has 0 spiro atoms. The van der Waals surface area contributed by atoms with Gasteiger partial charge in [0.2, 0.25) is 5.91 Å². The van der Waals surface area contributed by atoms with Gasteiger partial charge in [-0.25, -0.2) is 4.98 Å². The number of aromatic nitrogens is 2. The van der Waals surface area contributed by atoms with Gasteiger partial charge in [-0.15, -0.1) is 0 Å². The molecule has 0 bridgehead atoms. The van der Waals surface area contributed by atoms with Crippen LogP contribution in [-0.2, 0) is 17.9 Å². The highest BCUT2D eigenvalue weighted by molar-refractivity contribution is 5.86. The largest absolute Gasteiger partial charge is 0.486 e. The second-order valence-corrected chi connectivity index (χ2v) is 10.3. The minimum Gasteiger partial charge on any atom is -0.486 e. The SMILES string of the molecule is CNC(=O)C1(NCc2ccc3c(c2)OCCO3)CCC(C)(CCn2c(=O)cnc3ccccc32)CC1. The van der Waals surface area contributed by atoms with Gasteiger partial charge in [0.25, 0.3) is 5.56 Å². The maximum absolute atomic E-state index is 13.1. The predicted octanol–water partition coefficient (Wildman–Crippen LogP) is 3.41. The van der Waals surface area contributed by atoms with Crippen molar-refractivity contribution in [3.05, 3.63) is 64.6 Å². The number of nitrogens with zero attached hydrogens (tertiary/aromatic N) is 2. The third kappa shape index (κ3) is 4.82. The molecule has 190 valence electrons. The average Bonchev–Trinajstić information content (AvgIpc) is 2.92. The molecule has 1 aliphatic heterocycles. The van der Waals surface area contributed by atoms with Gasteiger partial charge >= 0.3 is 0 Å². The van der Waals surface area contributed by atoms with Crippen LogP contribution in [0.3, 0.4) is 0 Å². The van der Waals surface area contributed by atoms with Crippen molar-refractivity contribution in [3.8, 4) is 11.5 Å². The lowest BCUT2D eigenvalue weighted by atomic mass is 9.66. The molecule has 2 aliphatic rings. The molecule has 5 rings (SSSR count). The van der Waals surface area contributed by atoms with E-state index in [0.29, 0.717) is 26.3 Å². The average molecular weight is 491 g/mol. The molecule has 3 aromatic rings. The van der Waals surface area contributed by atoms with Gasteiger partial charge in [-0.1, -0.05) is 25.1 Å². The number of nitrogens with one attached hydrogen (secondary N) is 2. The minimum absolute atomic E-state index is 0.0263. The van der Waals surface area contributed by atoms with E-state index in [1.165, 1.54) is 6.20 Å². The lowest BCUT2D eigenvalue weighted by molar-refractivity contribution is -0.129. The molecule has 2 N–H and O–H groups in total. The predicted molar refractivity (Wildman–Crippen MR) is 138 cm³/mol. The Labute approximate surface area is 211 Å². The Kier molecular flexibility index (Phi) is 6.71. The molecule has 0 radical (unpaired) electrons. The number of aryl methyl sites for hydroxylation is 1. The Morgan fingerprint density at radius 2 is 1.81 bits per heavy atom. The van der Waals surface area contributed by atoms with E-state index in [2.05, 4.69) is 22.5 Å². The van der Waals surface area contributed by atoms with Crippen LogP contribution >= 0.6 is 0 Å². The second-order valence-electron chi connectivity index (χ2n) is 10.3. The van der Waals surface area contributed by atoms with Crippen LogP contribution in [0.25, 0.3) is 11.0 Å². The number of benzene rings is 2. The molecule has 36 heavy (non-hydrogen) atoms. The molecule has 8 nitrogen and oxygen atoms in total. The van der Waals surface area contributed by atoms with Crippen LogP contribution in [0, 0.1) is 5.41 Å². The molecule has 8 heteroatoms. The van der Waals surface area contributed by atoms with E-state index in [1.54, 1.807) is 7.05 Å². The van der Waals surface area contributed by atoms with Crippen molar-refractivity contribution in [2.45, 2.75) is 57.7 Å². The Balaban J connectivity index is 1.26. The molecule has 0 unspecified atom stereocenters. The number of likely N-dealkylation sites (N-methyl/N-ethyl adjacent to an activating group) is 1. The molecule has 1 fully saturated rings. The van der Waals surface area contributed by atoms with Crippen molar-refractivity contribution in [2.75, 3.05) is 20.3 Å². The fourth-order valence-electron chi connectivity index (χ4n) is 5.45. The van der Waals surface area contributed by atoms with Gasteiger partial charge in [-0.2, -0.15) is 0 Å². The highest BCUT2D eigenvalue weighted by atomic mass is 16.6. The molecule has 0 atom stereocenters. The summed E-state index contributed by atoms with van der Waals surface area (Å²) in [4.78, 5) is 29.9. The van der Waals surface area contributed by atoms with Crippen LogP contribution in [0.5, 0.6) is 11.5 Å². The molecule has 1 amide bonds. The van der Waals surface area contributed by atoms with Crippen LogP contribution in [0.2, 0.25) is 0 Å². The molecule has 1 aliphatic carbocycles.